The molecule has 0 amide bonds. The van der Waals surface area contributed by atoms with Gasteiger partial charge in [0.05, 0.1) is 18.4 Å². The average molecular weight is 381 g/mol. The molecule has 0 radical (unpaired) electrons. The maximum atomic E-state index is 14.0. The van der Waals surface area contributed by atoms with Crippen LogP contribution in [-0.2, 0) is 24.4 Å². The van der Waals surface area contributed by atoms with Gasteiger partial charge < -0.3 is 9.30 Å². The number of rotatable bonds is 3. The molecule has 2 aliphatic heterocycles. The standard InChI is InChI=1S/C22H21F2N3O/c23-18-7-5-16(6-8-18)20-11-25-21-13-28-22(15-27(20)21)9-10-26(14-22)12-17-3-1-2-4-19(17)24/h1-8,11H,9-10,12-15H2/t22-/m0/s1. The number of imidazole rings is 1. The van der Waals surface area contributed by atoms with Crippen LogP contribution in [0.3, 0.4) is 0 Å². The minimum Gasteiger partial charge on any atom is -0.364 e. The Hall–Kier alpha value is -2.57. The van der Waals surface area contributed by atoms with Crippen LogP contribution in [0.4, 0.5) is 8.78 Å². The molecule has 3 heterocycles. The Balaban J connectivity index is 1.36. The number of hydrogen-bond donors (Lipinski definition) is 0. The quantitative estimate of drug-likeness (QED) is 0.687. The predicted octanol–water partition coefficient (Wildman–Crippen LogP) is 4.00. The smallest absolute Gasteiger partial charge is 0.135 e. The molecule has 1 fully saturated rings. The van der Waals surface area contributed by atoms with Gasteiger partial charge in [0.1, 0.15) is 29.7 Å². The van der Waals surface area contributed by atoms with E-state index in [0.717, 1.165) is 36.6 Å². The van der Waals surface area contributed by atoms with Crippen LogP contribution in [0.15, 0.2) is 54.7 Å². The van der Waals surface area contributed by atoms with Crippen molar-refractivity contribution in [2.45, 2.75) is 31.7 Å². The molecule has 2 aliphatic rings. The Morgan fingerprint density at radius 2 is 1.86 bits per heavy atom. The molecule has 6 heteroatoms. The van der Waals surface area contributed by atoms with Crippen molar-refractivity contribution >= 4 is 0 Å². The molecule has 0 aliphatic carbocycles. The Bertz CT molecular complexity index is 1000. The maximum absolute atomic E-state index is 14.0. The van der Waals surface area contributed by atoms with Gasteiger partial charge in [-0.15, -0.1) is 0 Å². The van der Waals surface area contributed by atoms with Crippen molar-refractivity contribution < 1.29 is 13.5 Å². The average Bonchev–Trinajstić information content (AvgIpc) is 3.29. The molecule has 144 valence electrons. The molecular weight excluding hydrogens is 360 g/mol. The Labute approximate surface area is 162 Å². The van der Waals surface area contributed by atoms with Crippen LogP contribution >= 0.6 is 0 Å². The van der Waals surface area contributed by atoms with Crippen LogP contribution in [0.1, 0.15) is 17.8 Å². The van der Waals surface area contributed by atoms with E-state index in [-0.39, 0.29) is 17.2 Å². The number of hydrogen-bond acceptors (Lipinski definition) is 3. The molecule has 0 saturated carbocycles. The topological polar surface area (TPSA) is 30.3 Å². The molecule has 1 atom stereocenters. The molecule has 0 N–H and O–H groups in total. The third-order valence-electron chi connectivity index (χ3n) is 5.78. The Morgan fingerprint density at radius 3 is 2.68 bits per heavy atom. The SMILES string of the molecule is Fc1ccc(-c2cnc3n2C[C@@]2(CCN(Cc4ccccc4F)C2)OC3)cc1. The van der Waals surface area contributed by atoms with Crippen LogP contribution in [0.5, 0.6) is 0 Å². The minimum atomic E-state index is -0.298. The lowest BCUT2D eigenvalue weighted by Crippen LogP contribution is -2.44. The number of halogens is 2. The summed E-state index contributed by atoms with van der Waals surface area (Å²) in [4.78, 5) is 6.74. The summed E-state index contributed by atoms with van der Waals surface area (Å²) in [6.07, 6.45) is 2.72. The number of aromatic nitrogens is 2. The summed E-state index contributed by atoms with van der Waals surface area (Å²) in [5.41, 5.74) is 2.34. The van der Waals surface area contributed by atoms with Crippen molar-refractivity contribution in [2.75, 3.05) is 13.1 Å². The zero-order chi connectivity index (χ0) is 19.1. The normalized spacial score (nSPS) is 21.9. The third kappa shape index (κ3) is 3.12. The molecule has 5 rings (SSSR count). The molecule has 4 nitrogen and oxygen atoms in total. The summed E-state index contributed by atoms with van der Waals surface area (Å²) < 4.78 is 35.7. The number of ether oxygens (including phenoxy) is 1. The maximum Gasteiger partial charge on any atom is 0.135 e. The van der Waals surface area contributed by atoms with Gasteiger partial charge in [-0.3, -0.25) is 4.90 Å². The van der Waals surface area contributed by atoms with Gasteiger partial charge in [0, 0.05) is 25.2 Å². The number of nitrogens with zero attached hydrogens (tertiary/aromatic N) is 3. The molecular formula is C22H21F2N3O. The van der Waals surface area contributed by atoms with E-state index in [1.807, 2.05) is 18.3 Å². The lowest BCUT2D eigenvalue weighted by atomic mass is 10.0. The summed E-state index contributed by atoms with van der Waals surface area (Å²) in [6, 6.07) is 13.4. The Kier molecular flexibility index (Phi) is 4.25. The molecule has 0 unspecified atom stereocenters. The van der Waals surface area contributed by atoms with E-state index in [9.17, 15) is 8.78 Å². The molecule has 1 aromatic heterocycles. The largest absolute Gasteiger partial charge is 0.364 e. The lowest BCUT2D eigenvalue weighted by molar-refractivity contribution is -0.0821. The molecule has 3 aromatic rings. The molecule has 1 spiro atoms. The van der Waals surface area contributed by atoms with Crippen molar-refractivity contribution in [3.8, 4) is 11.3 Å². The van der Waals surface area contributed by atoms with Crippen molar-refractivity contribution in [3.63, 3.8) is 0 Å². The van der Waals surface area contributed by atoms with E-state index < -0.39 is 0 Å². The summed E-state index contributed by atoms with van der Waals surface area (Å²) in [7, 11) is 0. The number of fused-ring (bicyclic) bond motifs is 1. The van der Waals surface area contributed by atoms with Gasteiger partial charge in [-0.25, -0.2) is 13.8 Å². The van der Waals surface area contributed by atoms with Crippen LogP contribution in [0.25, 0.3) is 11.3 Å². The summed E-state index contributed by atoms with van der Waals surface area (Å²) >= 11 is 0. The van der Waals surface area contributed by atoms with Gasteiger partial charge in [-0.2, -0.15) is 0 Å². The van der Waals surface area contributed by atoms with E-state index in [2.05, 4.69) is 14.5 Å². The van der Waals surface area contributed by atoms with Crippen molar-refractivity contribution in [1.29, 1.82) is 0 Å². The van der Waals surface area contributed by atoms with Gasteiger partial charge in [0.25, 0.3) is 0 Å². The molecule has 28 heavy (non-hydrogen) atoms. The third-order valence-corrected chi connectivity index (χ3v) is 5.78. The molecule has 2 aromatic carbocycles. The number of benzene rings is 2. The summed E-state index contributed by atoms with van der Waals surface area (Å²) in [5, 5.41) is 0. The summed E-state index contributed by atoms with van der Waals surface area (Å²) in [6.45, 7) is 3.35. The first-order valence-electron chi connectivity index (χ1n) is 9.52. The van der Waals surface area contributed by atoms with Crippen molar-refractivity contribution in [1.82, 2.24) is 14.5 Å². The summed E-state index contributed by atoms with van der Waals surface area (Å²) in [5.74, 6) is 0.475. The fraction of sp³-hybridized carbons (Fsp3) is 0.318. The van der Waals surface area contributed by atoms with Crippen molar-refractivity contribution in [2.24, 2.45) is 0 Å². The van der Waals surface area contributed by atoms with Gasteiger partial charge >= 0.3 is 0 Å². The highest BCUT2D eigenvalue weighted by atomic mass is 19.1. The first-order chi connectivity index (χ1) is 13.6. The zero-order valence-corrected chi connectivity index (χ0v) is 15.4. The van der Waals surface area contributed by atoms with E-state index in [0.29, 0.717) is 25.3 Å². The van der Waals surface area contributed by atoms with E-state index in [1.165, 1.54) is 18.2 Å². The van der Waals surface area contributed by atoms with Gasteiger partial charge in [0.15, 0.2) is 0 Å². The minimum absolute atomic E-state index is 0.163. The monoisotopic (exact) mass is 381 g/mol. The van der Waals surface area contributed by atoms with Crippen LogP contribution in [0.2, 0.25) is 0 Å². The fourth-order valence-corrected chi connectivity index (χ4v) is 4.29. The first kappa shape index (κ1) is 17.5. The first-order valence-corrected chi connectivity index (χ1v) is 9.52. The zero-order valence-electron chi connectivity index (χ0n) is 15.4. The van der Waals surface area contributed by atoms with Gasteiger partial charge in [-0.1, -0.05) is 18.2 Å². The van der Waals surface area contributed by atoms with Crippen LogP contribution < -0.4 is 0 Å². The molecule has 0 bridgehead atoms. The fourth-order valence-electron chi connectivity index (χ4n) is 4.29. The van der Waals surface area contributed by atoms with Gasteiger partial charge in [-0.05, 0) is 42.3 Å². The Morgan fingerprint density at radius 1 is 1.04 bits per heavy atom. The second kappa shape index (κ2) is 6.79. The van der Waals surface area contributed by atoms with E-state index >= 15 is 0 Å². The second-order valence-electron chi connectivity index (χ2n) is 7.68. The van der Waals surface area contributed by atoms with Crippen molar-refractivity contribution in [3.05, 3.63) is 77.8 Å². The number of likely N-dealkylation sites (tertiary alicyclic amines) is 1. The highest BCUT2D eigenvalue weighted by Gasteiger charge is 2.43. The second-order valence-corrected chi connectivity index (χ2v) is 7.68. The predicted molar refractivity (Wildman–Crippen MR) is 101 cm³/mol. The highest BCUT2D eigenvalue weighted by molar-refractivity contribution is 5.59. The van der Waals surface area contributed by atoms with Crippen LogP contribution in [-0.4, -0.2) is 33.1 Å². The molecule has 1 saturated heterocycles. The lowest BCUT2D eigenvalue weighted by Gasteiger charge is -2.35. The van der Waals surface area contributed by atoms with Crippen LogP contribution in [0, 0.1) is 11.6 Å². The van der Waals surface area contributed by atoms with E-state index in [4.69, 9.17) is 4.74 Å². The van der Waals surface area contributed by atoms with Gasteiger partial charge in [0.2, 0.25) is 0 Å². The van der Waals surface area contributed by atoms with E-state index in [1.54, 1.807) is 18.2 Å². The highest BCUT2D eigenvalue weighted by Crippen LogP contribution is 2.35.